The molecule has 0 aromatic rings. The van der Waals surface area contributed by atoms with Crippen molar-refractivity contribution in [2.24, 2.45) is 0 Å². The third kappa shape index (κ3) is 8.39. The lowest BCUT2D eigenvalue weighted by Gasteiger charge is -2.18. The van der Waals surface area contributed by atoms with Crippen LogP contribution in [0.15, 0.2) is 0 Å². The Hall–Kier alpha value is 0.394. The van der Waals surface area contributed by atoms with Crippen LogP contribution in [0, 0.1) is 0 Å². The predicted molar refractivity (Wildman–Crippen MR) is 46.8 cm³/mol. The van der Waals surface area contributed by atoms with E-state index in [0.29, 0.717) is 5.04 Å². The van der Waals surface area contributed by atoms with Gasteiger partial charge in [0.2, 0.25) is 0 Å². The Kier molecular flexibility index (Phi) is 3.69. The van der Waals surface area contributed by atoms with Crippen LogP contribution in [0.3, 0.4) is 0 Å². The highest BCUT2D eigenvalue weighted by molar-refractivity contribution is 6.56. The summed E-state index contributed by atoms with van der Waals surface area (Å²) >= 11 is 0. The van der Waals surface area contributed by atoms with Crippen molar-refractivity contribution in [1.82, 2.24) is 0 Å². The van der Waals surface area contributed by atoms with Gasteiger partial charge in [-0.15, -0.1) is 0 Å². The van der Waals surface area contributed by atoms with Crippen LogP contribution in [0.4, 0.5) is 0 Å². The molecule has 0 unspecified atom stereocenters. The number of hydrogen-bond donors (Lipinski definition) is 0. The van der Waals surface area contributed by atoms with Crippen molar-refractivity contribution in [3.05, 3.63) is 0 Å². The van der Waals surface area contributed by atoms with Crippen LogP contribution in [0.5, 0.6) is 0 Å². The van der Waals surface area contributed by atoms with Gasteiger partial charge in [-0.05, 0) is 18.1 Å². The number of rotatable bonds is 2. The fraction of sp³-hybridized carbons (Fsp3) is 1.00. The van der Waals surface area contributed by atoms with Gasteiger partial charge in [-0.3, -0.25) is 0 Å². The highest BCUT2D eigenvalue weighted by atomic mass is 28.3. The maximum Gasteiger partial charge on any atom is 0.190 e. The molecular weight excluding hydrogens is 144 g/mol. The molecule has 0 aromatic carbocycles. The van der Waals surface area contributed by atoms with Gasteiger partial charge in [-0.25, -0.2) is 0 Å². The molecule has 0 spiro atoms. The Morgan fingerprint density at radius 2 is 1.67 bits per heavy atom. The Morgan fingerprint density at radius 1 is 1.22 bits per heavy atom. The molecule has 0 atom stereocenters. The lowest BCUT2D eigenvalue weighted by molar-refractivity contribution is 0.563. The summed E-state index contributed by atoms with van der Waals surface area (Å²) in [6, 6.07) is 0. The smallest absolute Gasteiger partial charge is 0.190 e. The molecule has 0 aliphatic heterocycles. The van der Waals surface area contributed by atoms with Crippen molar-refractivity contribution in [3.8, 4) is 0 Å². The normalized spacial score (nSPS) is 14.0. The molecule has 0 aromatic heterocycles. The summed E-state index contributed by atoms with van der Waals surface area (Å²) in [6.45, 7) is 11.2. The van der Waals surface area contributed by atoms with E-state index in [4.69, 9.17) is 4.12 Å². The van der Waals surface area contributed by atoms with E-state index in [-0.39, 0.29) is 9.76 Å². The van der Waals surface area contributed by atoms with Gasteiger partial charge in [0.15, 0.2) is 18.8 Å². The van der Waals surface area contributed by atoms with Crippen molar-refractivity contribution in [1.29, 1.82) is 0 Å². The molecular formula is C6H17OSi2. The minimum absolute atomic E-state index is 0.253. The minimum atomic E-state index is -0.406. The average molecular weight is 161 g/mol. The van der Waals surface area contributed by atoms with E-state index in [9.17, 15) is 0 Å². The highest BCUT2D eigenvalue weighted by Crippen LogP contribution is 2.19. The molecule has 0 fully saturated rings. The molecule has 0 N–H and O–H groups in total. The summed E-state index contributed by atoms with van der Waals surface area (Å²) in [4.78, 5) is 0. The van der Waals surface area contributed by atoms with Crippen molar-refractivity contribution in [2.75, 3.05) is 0 Å². The molecule has 1 nitrogen and oxygen atoms in total. The first-order valence-corrected chi connectivity index (χ1v) is 7.04. The first-order valence-electron chi connectivity index (χ1n) is 3.35. The zero-order chi connectivity index (χ0) is 7.49. The van der Waals surface area contributed by atoms with Gasteiger partial charge < -0.3 is 4.12 Å². The first kappa shape index (κ1) is 9.39. The standard InChI is InChI=1S/C6H17OSi2/c1-6(2,3)8-7-9(4)5/h8H2,1-5H3. The lowest BCUT2D eigenvalue weighted by atomic mass is 10.3. The Labute approximate surface area is 62.5 Å². The Balaban J connectivity index is 3.28. The molecule has 0 aliphatic rings. The van der Waals surface area contributed by atoms with Crippen molar-refractivity contribution < 1.29 is 4.12 Å². The molecule has 55 valence electrons. The van der Waals surface area contributed by atoms with Crippen molar-refractivity contribution in [2.45, 2.75) is 38.9 Å². The second-order valence-electron chi connectivity index (χ2n) is 3.76. The van der Waals surface area contributed by atoms with E-state index in [1.165, 1.54) is 0 Å². The van der Waals surface area contributed by atoms with E-state index in [2.05, 4.69) is 33.9 Å². The minimum Gasteiger partial charge on any atom is -0.460 e. The molecule has 0 saturated heterocycles. The van der Waals surface area contributed by atoms with Crippen LogP contribution < -0.4 is 0 Å². The molecule has 0 saturated carbocycles. The van der Waals surface area contributed by atoms with Gasteiger partial charge >= 0.3 is 0 Å². The topological polar surface area (TPSA) is 9.23 Å². The fourth-order valence-electron chi connectivity index (χ4n) is 0.361. The van der Waals surface area contributed by atoms with Gasteiger partial charge in [-0.2, -0.15) is 0 Å². The number of hydrogen-bond acceptors (Lipinski definition) is 1. The van der Waals surface area contributed by atoms with Crippen molar-refractivity contribution >= 4 is 18.8 Å². The van der Waals surface area contributed by atoms with Crippen LogP contribution >= 0.6 is 0 Å². The predicted octanol–water partition coefficient (Wildman–Crippen LogP) is 1.56. The summed E-state index contributed by atoms with van der Waals surface area (Å²) in [7, 11) is -0.658. The second kappa shape index (κ2) is 3.53. The molecule has 0 rings (SSSR count). The van der Waals surface area contributed by atoms with Crippen LogP contribution in [-0.2, 0) is 4.12 Å². The molecule has 0 amide bonds. The van der Waals surface area contributed by atoms with Crippen LogP contribution in [0.25, 0.3) is 0 Å². The van der Waals surface area contributed by atoms with Gasteiger partial charge in [0.25, 0.3) is 0 Å². The molecule has 0 heterocycles. The summed E-state index contributed by atoms with van der Waals surface area (Å²) in [5, 5.41) is 0.474. The second-order valence-corrected chi connectivity index (χ2v) is 9.14. The summed E-state index contributed by atoms with van der Waals surface area (Å²) in [5.74, 6) is 0. The fourth-order valence-corrected chi connectivity index (χ4v) is 3.25. The van der Waals surface area contributed by atoms with Crippen LogP contribution in [0.2, 0.25) is 18.1 Å². The van der Waals surface area contributed by atoms with E-state index < -0.39 is 9.04 Å². The zero-order valence-electron chi connectivity index (χ0n) is 7.12. The van der Waals surface area contributed by atoms with Gasteiger partial charge in [-0.1, -0.05) is 20.8 Å². The summed E-state index contributed by atoms with van der Waals surface area (Å²) < 4.78 is 5.65. The van der Waals surface area contributed by atoms with Gasteiger partial charge in [0.05, 0.1) is 0 Å². The summed E-state index contributed by atoms with van der Waals surface area (Å²) in [6.07, 6.45) is 0. The average Bonchev–Trinajstić information content (AvgIpc) is 1.59. The maximum absolute atomic E-state index is 5.65. The Morgan fingerprint density at radius 3 is 1.78 bits per heavy atom. The van der Waals surface area contributed by atoms with E-state index >= 15 is 0 Å². The monoisotopic (exact) mass is 161 g/mol. The molecule has 0 bridgehead atoms. The van der Waals surface area contributed by atoms with Gasteiger partial charge in [0.1, 0.15) is 0 Å². The molecule has 3 heteroatoms. The maximum atomic E-state index is 5.65. The molecule has 0 aliphatic carbocycles. The van der Waals surface area contributed by atoms with E-state index in [0.717, 1.165) is 0 Å². The van der Waals surface area contributed by atoms with E-state index in [1.54, 1.807) is 0 Å². The zero-order valence-corrected chi connectivity index (χ0v) is 9.53. The highest BCUT2D eigenvalue weighted by Gasteiger charge is 2.12. The SMILES string of the molecule is C[Si](C)O[SiH2]C(C)(C)C. The summed E-state index contributed by atoms with van der Waals surface area (Å²) in [5.41, 5.74) is 0. The third-order valence-corrected chi connectivity index (χ3v) is 4.55. The van der Waals surface area contributed by atoms with Crippen LogP contribution in [-0.4, -0.2) is 18.8 Å². The van der Waals surface area contributed by atoms with Gasteiger partial charge in [0, 0.05) is 0 Å². The van der Waals surface area contributed by atoms with Crippen molar-refractivity contribution in [3.63, 3.8) is 0 Å². The molecule has 9 heavy (non-hydrogen) atoms. The Bertz CT molecular complexity index is 75.6. The lowest BCUT2D eigenvalue weighted by Crippen LogP contribution is -2.19. The van der Waals surface area contributed by atoms with Crippen LogP contribution in [0.1, 0.15) is 20.8 Å². The molecule has 1 radical (unpaired) electrons. The van der Waals surface area contributed by atoms with E-state index in [1.807, 2.05) is 0 Å². The largest absolute Gasteiger partial charge is 0.460 e. The third-order valence-electron chi connectivity index (χ3n) is 0.794. The first-order chi connectivity index (χ1) is 3.92. The quantitative estimate of drug-likeness (QED) is 0.559.